The van der Waals surface area contributed by atoms with Gasteiger partial charge in [-0.15, -0.1) is 0 Å². The van der Waals surface area contributed by atoms with E-state index in [0.717, 1.165) is 39.3 Å². The number of rotatable bonds is 5. The molecule has 0 aromatic heterocycles. The van der Waals surface area contributed by atoms with E-state index in [9.17, 15) is 4.79 Å². The molecule has 4 heteroatoms. The maximum atomic E-state index is 11.0. The molecule has 0 aromatic carbocycles. The Bertz CT molecular complexity index is 200. The first-order chi connectivity index (χ1) is 7.11. The van der Waals surface area contributed by atoms with Crippen molar-refractivity contribution in [3.05, 3.63) is 0 Å². The molecule has 15 heavy (non-hydrogen) atoms. The summed E-state index contributed by atoms with van der Waals surface area (Å²) >= 11 is 0. The van der Waals surface area contributed by atoms with Crippen molar-refractivity contribution in [2.24, 2.45) is 11.8 Å². The van der Waals surface area contributed by atoms with Gasteiger partial charge in [-0.3, -0.25) is 9.69 Å². The molecular weight excluding hydrogens is 194 g/mol. The Kier molecular flexibility index (Phi) is 5.05. The summed E-state index contributed by atoms with van der Waals surface area (Å²) in [7, 11) is 0. The first kappa shape index (κ1) is 12.5. The van der Waals surface area contributed by atoms with Crippen LogP contribution >= 0.6 is 0 Å². The fourth-order valence-electron chi connectivity index (χ4n) is 1.89. The third kappa shape index (κ3) is 4.18. The summed E-state index contributed by atoms with van der Waals surface area (Å²) in [5, 5.41) is 9.03. The fraction of sp³-hybridized carbons (Fsp3) is 0.909. The number of carbonyl (C=O) groups is 1. The molecule has 1 heterocycles. The highest BCUT2D eigenvalue weighted by atomic mass is 16.5. The van der Waals surface area contributed by atoms with E-state index >= 15 is 0 Å². The van der Waals surface area contributed by atoms with Crippen molar-refractivity contribution in [1.29, 1.82) is 0 Å². The van der Waals surface area contributed by atoms with Crippen LogP contribution < -0.4 is 0 Å². The highest BCUT2D eigenvalue weighted by molar-refractivity contribution is 5.70. The van der Waals surface area contributed by atoms with Crippen LogP contribution in [0.1, 0.15) is 20.3 Å². The topological polar surface area (TPSA) is 49.8 Å². The van der Waals surface area contributed by atoms with Gasteiger partial charge in [0.15, 0.2) is 0 Å². The van der Waals surface area contributed by atoms with Crippen LogP contribution in [0.5, 0.6) is 0 Å². The number of aliphatic carboxylic acids is 1. The summed E-state index contributed by atoms with van der Waals surface area (Å²) in [4.78, 5) is 13.3. The van der Waals surface area contributed by atoms with Crippen LogP contribution in [0, 0.1) is 11.8 Å². The average Bonchev–Trinajstić information content (AvgIpc) is 2.18. The zero-order chi connectivity index (χ0) is 11.3. The van der Waals surface area contributed by atoms with Crippen LogP contribution in [-0.2, 0) is 9.53 Å². The molecule has 0 aromatic rings. The molecule has 0 radical (unpaired) electrons. The zero-order valence-corrected chi connectivity index (χ0v) is 9.61. The van der Waals surface area contributed by atoms with Crippen molar-refractivity contribution in [2.45, 2.75) is 20.3 Å². The molecule has 1 unspecified atom stereocenters. The smallest absolute Gasteiger partial charge is 0.306 e. The fourth-order valence-corrected chi connectivity index (χ4v) is 1.89. The standard InChI is InChI=1S/C11H21NO3/c1-9(2)10(11(13)14)3-4-12-5-7-15-8-6-12/h9-10H,3-8H2,1-2H3,(H,13,14). The van der Waals surface area contributed by atoms with Crippen LogP contribution in [0.3, 0.4) is 0 Å². The third-order valence-corrected chi connectivity index (χ3v) is 2.98. The number of hydrogen-bond donors (Lipinski definition) is 1. The summed E-state index contributed by atoms with van der Waals surface area (Å²) in [6.07, 6.45) is 0.743. The van der Waals surface area contributed by atoms with E-state index in [1.54, 1.807) is 0 Å². The number of carboxylic acid groups (broad SMARTS) is 1. The van der Waals surface area contributed by atoms with E-state index in [-0.39, 0.29) is 11.8 Å². The van der Waals surface area contributed by atoms with E-state index in [1.165, 1.54) is 0 Å². The first-order valence-corrected chi connectivity index (χ1v) is 5.64. The molecule has 0 amide bonds. The van der Waals surface area contributed by atoms with Gasteiger partial charge in [-0.25, -0.2) is 0 Å². The molecule has 1 atom stereocenters. The third-order valence-electron chi connectivity index (χ3n) is 2.98. The van der Waals surface area contributed by atoms with Crippen LogP contribution in [0.2, 0.25) is 0 Å². The monoisotopic (exact) mass is 215 g/mol. The minimum Gasteiger partial charge on any atom is -0.481 e. The summed E-state index contributed by atoms with van der Waals surface area (Å²) < 4.78 is 5.24. The minimum absolute atomic E-state index is 0.212. The number of morpholine rings is 1. The zero-order valence-electron chi connectivity index (χ0n) is 9.61. The predicted octanol–water partition coefficient (Wildman–Crippen LogP) is 1.07. The van der Waals surface area contributed by atoms with E-state index in [4.69, 9.17) is 9.84 Å². The van der Waals surface area contributed by atoms with Gasteiger partial charge >= 0.3 is 5.97 Å². The Morgan fingerprint density at radius 1 is 1.40 bits per heavy atom. The molecule has 0 aliphatic carbocycles. The molecule has 1 aliphatic heterocycles. The van der Waals surface area contributed by atoms with Crippen molar-refractivity contribution in [2.75, 3.05) is 32.8 Å². The van der Waals surface area contributed by atoms with Crippen LogP contribution in [0.4, 0.5) is 0 Å². The summed E-state index contributed by atoms with van der Waals surface area (Å²) in [6.45, 7) is 8.24. The highest BCUT2D eigenvalue weighted by Crippen LogP contribution is 2.16. The molecule has 1 saturated heterocycles. The van der Waals surface area contributed by atoms with Crippen molar-refractivity contribution >= 4 is 5.97 Å². The Morgan fingerprint density at radius 3 is 2.47 bits per heavy atom. The Morgan fingerprint density at radius 2 is 2.00 bits per heavy atom. The Balaban J connectivity index is 2.29. The van der Waals surface area contributed by atoms with Gasteiger partial charge in [0.05, 0.1) is 19.1 Å². The van der Waals surface area contributed by atoms with Crippen LogP contribution in [0.25, 0.3) is 0 Å². The molecule has 1 aliphatic rings. The lowest BCUT2D eigenvalue weighted by Gasteiger charge is -2.28. The second kappa shape index (κ2) is 6.08. The largest absolute Gasteiger partial charge is 0.481 e. The molecular formula is C11H21NO3. The average molecular weight is 215 g/mol. The molecule has 1 N–H and O–H groups in total. The first-order valence-electron chi connectivity index (χ1n) is 5.64. The van der Waals surface area contributed by atoms with Crippen molar-refractivity contribution in [3.63, 3.8) is 0 Å². The maximum absolute atomic E-state index is 11.0. The number of hydrogen-bond acceptors (Lipinski definition) is 3. The van der Waals surface area contributed by atoms with Crippen molar-refractivity contribution < 1.29 is 14.6 Å². The second-order valence-corrected chi connectivity index (χ2v) is 4.43. The van der Waals surface area contributed by atoms with E-state index in [0.29, 0.717) is 0 Å². The summed E-state index contributed by atoms with van der Waals surface area (Å²) in [5.41, 5.74) is 0. The highest BCUT2D eigenvalue weighted by Gasteiger charge is 2.22. The Labute approximate surface area is 91.2 Å². The maximum Gasteiger partial charge on any atom is 0.306 e. The van der Waals surface area contributed by atoms with Crippen LogP contribution in [-0.4, -0.2) is 48.8 Å². The summed E-state index contributed by atoms with van der Waals surface area (Å²) in [6, 6.07) is 0. The number of nitrogens with zero attached hydrogens (tertiary/aromatic N) is 1. The quantitative estimate of drug-likeness (QED) is 0.745. The molecule has 88 valence electrons. The number of ether oxygens (including phenoxy) is 1. The SMILES string of the molecule is CC(C)C(CCN1CCOCC1)C(=O)O. The lowest BCUT2D eigenvalue weighted by atomic mass is 9.92. The molecule has 1 rings (SSSR count). The van der Waals surface area contributed by atoms with Gasteiger partial charge in [0.1, 0.15) is 0 Å². The van der Waals surface area contributed by atoms with Crippen LogP contribution in [0.15, 0.2) is 0 Å². The van der Waals surface area contributed by atoms with Gasteiger partial charge in [0.2, 0.25) is 0 Å². The Hall–Kier alpha value is -0.610. The van der Waals surface area contributed by atoms with E-state index in [2.05, 4.69) is 4.90 Å². The predicted molar refractivity (Wildman–Crippen MR) is 57.8 cm³/mol. The van der Waals surface area contributed by atoms with Gasteiger partial charge in [-0.05, 0) is 18.9 Å². The van der Waals surface area contributed by atoms with Gasteiger partial charge in [-0.1, -0.05) is 13.8 Å². The van der Waals surface area contributed by atoms with Gasteiger partial charge in [0, 0.05) is 13.1 Å². The minimum atomic E-state index is -0.668. The lowest BCUT2D eigenvalue weighted by molar-refractivity contribution is -0.143. The molecule has 0 saturated carbocycles. The van der Waals surface area contributed by atoms with E-state index < -0.39 is 5.97 Å². The molecule has 0 spiro atoms. The van der Waals surface area contributed by atoms with Gasteiger partial charge in [0.25, 0.3) is 0 Å². The second-order valence-electron chi connectivity index (χ2n) is 4.43. The van der Waals surface area contributed by atoms with E-state index in [1.807, 2.05) is 13.8 Å². The molecule has 4 nitrogen and oxygen atoms in total. The molecule has 0 bridgehead atoms. The van der Waals surface area contributed by atoms with Crippen molar-refractivity contribution in [1.82, 2.24) is 4.90 Å². The lowest BCUT2D eigenvalue weighted by Crippen LogP contribution is -2.38. The molecule has 1 fully saturated rings. The summed E-state index contributed by atoms with van der Waals surface area (Å²) in [5.74, 6) is -0.672. The van der Waals surface area contributed by atoms with Crippen molar-refractivity contribution in [3.8, 4) is 0 Å². The number of carboxylic acids is 1. The normalized spacial score (nSPS) is 20.5. The van der Waals surface area contributed by atoms with Gasteiger partial charge in [-0.2, -0.15) is 0 Å². The van der Waals surface area contributed by atoms with Gasteiger partial charge < -0.3 is 9.84 Å².